The van der Waals surface area contributed by atoms with Gasteiger partial charge in [-0.3, -0.25) is 0 Å². The predicted octanol–water partition coefficient (Wildman–Crippen LogP) is 4.01. The van der Waals surface area contributed by atoms with E-state index in [-0.39, 0.29) is 12.4 Å². The summed E-state index contributed by atoms with van der Waals surface area (Å²) in [6, 6.07) is 15.0. The molecule has 4 rings (SSSR count). The third kappa shape index (κ3) is 3.43. The second-order valence-electron chi connectivity index (χ2n) is 5.97. The first-order valence-electron chi connectivity index (χ1n) is 8.16. The van der Waals surface area contributed by atoms with E-state index in [9.17, 15) is 4.39 Å². The van der Waals surface area contributed by atoms with Gasteiger partial charge in [-0.1, -0.05) is 65.0 Å². The molecule has 0 N–H and O–H groups in total. The Morgan fingerprint density at radius 3 is 2.81 bits per heavy atom. The SMILES string of the molecule is Cc1cccc(CSc2ncnc3c2nnn3Cc2ccccc2F)c1. The first-order valence-corrected chi connectivity index (χ1v) is 9.15. The standard InChI is InChI=1S/C19H16FN5S/c1-13-5-4-6-14(9-13)11-26-19-17-18(21-12-22-19)25(24-23-17)10-15-7-2-3-8-16(15)20/h2-9,12H,10-11H2,1H3. The van der Waals surface area contributed by atoms with E-state index in [4.69, 9.17) is 0 Å². The van der Waals surface area contributed by atoms with Crippen molar-refractivity contribution in [1.29, 1.82) is 0 Å². The third-order valence-corrected chi connectivity index (χ3v) is 5.05. The van der Waals surface area contributed by atoms with Gasteiger partial charge in [-0.2, -0.15) is 0 Å². The number of aromatic nitrogens is 5. The number of hydrogen-bond donors (Lipinski definition) is 0. The summed E-state index contributed by atoms with van der Waals surface area (Å²) in [5.74, 6) is 0.521. The summed E-state index contributed by atoms with van der Waals surface area (Å²) in [5.41, 5.74) is 4.25. The molecule has 7 heteroatoms. The van der Waals surface area contributed by atoms with Crippen LogP contribution in [0.4, 0.5) is 4.39 Å². The van der Waals surface area contributed by atoms with Crippen LogP contribution >= 0.6 is 11.8 Å². The number of hydrogen-bond acceptors (Lipinski definition) is 5. The molecule has 130 valence electrons. The molecule has 5 nitrogen and oxygen atoms in total. The molecule has 0 aliphatic carbocycles. The molecule has 26 heavy (non-hydrogen) atoms. The predicted molar refractivity (Wildman–Crippen MR) is 99.4 cm³/mol. The number of halogens is 1. The lowest BCUT2D eigenvalue weighted by molar-refractivity contribution is 0.582. The van der Waals surface area contributed by atoms with Crippen LogP contribution < -0.4 is 0 Å². The van der Waals surface area contributed by atoms with Crippen molar-refractivity contribution in [2.24, 2.45) is 0 Å². The molecule has 0 atom stereocenters. The topological polar surface area (TPSA) is 56.5 Å². The summed E-state index contributed by atoms with van der Waals surface area (Å²) >= 11 is 1.59. The summed E-state index contributed by atoms with van der Waals surface area (Å²) in [7, 11) is 0. The smallest absolute Gasteiger partial charge is 0.183 e. The van der Waals surface area contributed by atoms with Gasteiger partial charge < -0.3 is 0 Å². The largest absolute Gasteiger partial charge is 0.227 e. The van der Waals surface area contributed by atoms with E-state index in [0.29, 0.717) is 16.7 Å². The van der Waals surface area contributed by atoms with Crippen LogP contribution in [0.5, 0.6) is 0 Å². The summed E-state index contributed by atoms with van der Waals surface area (Å²) in [4.78, 5) is 8.63. The van der Waals surface area contributed by atoms with Crippen molar-refractivity contribution in [3.05, 3.63) is 77.4 Å². The normalized spacial score (nSPS) is 11.2. The molecule has 0 unspecified atom stereocenters. The molecule has 2 aromatic heterocycles. The maximum atomic E-state index is 13.9. The van der Waals surface area contributed by atoms with E-state index in [2.05, 4.69) is 45.4 Å². The van der Waals surface area contributed by atoms with Crippen LogP contribution in [0.3, 0.4) is 0 Å². The van der Waals surface area contributed by atoms with Crippen molar-refractivity contribution in [3.63, 3.8) is 0 Å². The lowest BCUT2D eigenvalue weighted by atomic mass is 10.2. The minimum atomic E-state index is -0.265. The van der Waals surface area contributed by atoms with Crippen LogP contribution in [-0.4, -0.2) is 25.0 Å². The second kappa shape index (κ2) is 7.21. The van der Waals surface area contributed by atoms with Gasteiger partial charge in [-0.25, -0.2) is 19.0 Å². The Kier molecular flexibility index (Phi) is 4.62. The first kappa shape index (κ1) is 16.7. The third-order valence-electron chi connectivity index (χ3n) is 4.00. The molecule has 0 radical (unpaired) electrons. The van der Waals surface area contributed by atoms with Gasteiger partial charge in [0.25, 0.3) is 0 Å². The van der Waals surface area contributed by atoms with E-state index in [0.717, 1.165) is 10.8 Å². The van der Waals surface area contributed by atoms with E-state index in [1.807, 2.05) is 6.07 Å². The van der Waals surface area contributed by atoms with Crippen molar-refractivity contribution in [2.45, 2.75) is 24.2 Å². The van der Waals surface area contributed by atoms with Crippen LogP contribution in [0.15, 0.2) is 59.9 Å². The molecule has 2 heterocycles. The zero-order valence-electron chi connectivity index (χ0n) is 14.1. The molecule has 0 bridgehead atoms. The van der Waals surface area contributed by atoms with Crippen molar-refractivity contribution < 1.29 is 4.39 Å². The summed E-state index contributed by atoms with van der Waals surface area (Å²) in [5, 5.41) is 9.14. The van der Waals surface area contributed by atoms with E-state index in [1.165, 1.54) is 23.5 Å². The summed E-state index contributed by atoms with van der Waals surface area (Å²) in [6.45, 7) is 2.35. The van der Waals surface area contributed by atoms with Crippen LogP contribution in [0, 0.1) is 12.7 Å². The molecule has 0 aliphatic heterocycles. The Morgan fingerprint density at radius 1 is 1.08 bits per heavy atom. The zero-order chi connectivity index (χ0) is 17.9. The van der Waals surface area contributed by atoms with E-state index < -0.39 is 0 Å². The van der Waals surface area contributed by atoms with Gasteiger partial charge in [-0.15, -0.1) is 5.10 Å². The lowest BCUT2D eigenvalue weighted by Gasteiger charge is -2.04. The van der Waals surface area contributed by atoms with Crippen molar-refractivity contribution in [1.82, 2.24) is 25.0 Å². The molecule has 0 amide bonds. The minimum Gasteiger partial charge on any atom is -0.227 e. The molecule has 0 saturated carbocycles. The number of thioether (sulfide) groups is 1. The number of benzene rings is 2. The molecular formula is C19H16FN5S. The Bertz CT molecular complexity index is 1060. The van der Waals surface area contributed by atoms with Crippen LogP contribution in [-0.2, 0) is 12.3 Å². The highest BCUT2D eigenvalue weighted by atomic mass is 32.2. The summed E-state index contributed by atoms with van der Waals surface area (Å²) in [6.07, 6.45) is 1.50. The Morgan fingerprint density at radius 2 is 1.96 bits per heavy atom. The number of nitrogens with zero attached hydrogens (tertiary/aromatic N) is 5. The van der Waals surface area contributed by atoms with Gasteiger partial charge >= 0.3 is 0 Å². The number of aryl methyl sites for hydroxylation is 1. The average Bonchev–Trinajstić information content (AvgIpc) is 3.06. The molecule has 0 spiro atoms. The van der Waals surface area contributed by atoms with Gasteiger partial charge in [0.15, 0.2) is 11.2 Å². The number of fused-ring (bicyclic) bond motifs is 1. The lowest BCUT2D eigenvalue weighted by Crippen LogP contribution is -2.04. The maximum absolute atomic E-state index is 13.9. The highest BCUT2D eigenvalue weighted by molar-refractivity contribution is 7.98. The monoisotopic (exact) mass is 365 g/mol. The fourth-order valence-corrected chi connectivity index (χ4v) is 3.60. The van der Waals surface area contributed by atoms with Crippen molar-refractivity contribution >= 4 is 22.9 Å². The zero-order valence-corrected chi connectivity index (χ0v) is 14.9. The fourth-order valence-electron chi connectivity index (χ4n) is 2.73. The Labute approximate surface area is 154 Å². The van der Waals surface area contributed by atoms with Crippen molar-refractivity contribution in [2.75, 3.05) is 0 Å². The second-order valence-corrected chi connectivity index (χ2v) is 6.93. The molecule has 0 fully saturated rings. The van der Waals surface area contributed by atoms with Gasteiger partial charge in [0.05, 0.1) is 6.54 Å². The first-order chi connectivity index (χ1) is 12.7. The molecule has 4 aromatic rings. The Hall–Kier alpha value is -2.80. The molecule has 0 saturated heterocycles. The van der Waals surface area contributed by atoms with Gasteiger partial charge in [0, 0.05) is 11.3 Å². The van der Waals surface area contributed by atoms with E-state index >= 15 is 0 Å². The maximum Gasteiger partial charge on any atom is 0.183 e. The van der Waals surface area contributed by atoms with Crippen LogP contribution in [0.1, 0.15) is 16.7 Å². The quantitative estimate of drug-likeness (QED) is 0.395. The van der Waals surface area contributed by atoms with Crippen LogP contribution in [0.25, 0.3) is 11.2 Å². The highest BCUT2D eigenvalue weighted by Gasteiger charge is 2.13. The van der Waals surface area contributed by atoms with Gasteiger partial charge in [0.1, 0.15) is 17.2 Å². The number of rotatable bonds is 5. The van der Waals surface area contributed by atoms with Gasteiger partial charge in [-0.05, 0) is 18.6 Å². The summed E-state index contributed by atoms with van der Waals surface area (Å²) < 4.78 is 15.5. The highest BCUT2D eigenvalue weighted by Crippen LogP contribution is 2.26. The molecule has 2 aromatic carbocycles. The van der Waals surface area contributed by atoms with Gasteiger partial charge in [0.2, 0.25) is 0 Å². The fraction of sp³-hybridized carbons (Fsp3) is 0.158. The van der Waals surface area contributed by atoms with E-state index in [1.54, 1.807) is 34.6 Å². The van der Waals surface area contributed by atoms with Crippen LogP contribution in [0.2, 0.25) is 0 Å². The van der Waals surface area contributed by atoms with Crippen molar-refractivity contribution in [3.8, 4) is 0 Å². The molecular weight excluding hydrogens is 349 g/mol. The minimum absolute atomic E-state index is 0.265. The average molecular weight is 365 g/mol. The molecule has 0 aliphatic rings. The Balaban J connectivity index is 1.60.